The van der Waals surface area contributed by atoms with Crippen LogP contribution in [0.25, 0.3) is 0 Å². The van der Waals surface area contributed by atoms with Gasteiger partial charge in [0.05, 0.1) is 0 Å². The molecule has 2 N–H and O–H groups in total. The third kappa shape index (κ3) is 3.06. The van der Waals surface area contributed by atoms with Crippen molar-refractivity contribution in [2.75, 3.05) is 6.79 Å². The van der Waals surface area contributed by atoms with Gasteiger partial charge in [-0.2, -0.15) is 0 Å². The van der Waals surface area contributed by atoms with Gasteiger partial charge in [-0.25, -0.2) is 0 Å². The summed E-state index contributed by atoms with van der Waals surface area (Å²) in [5.41, 5.74) is 1.92. The highest BCUT2D eigenvalue weighted by molar-refractivity contribution is 6.30. The van der Waals surface area contributed by atoms with Gasteiger partial charge in [-0.3, -0.25) is 0 Å². The van der Waals surface area contributed by atoms with Gasteiger partial charge in [0.1, 0.15) is 5.75 Å². The summed E-state index contributed by atoms with van der Waals surface area (Å²) in [5, 5.41) is 14.1. The maximum atomic E-state index is 10.0. The van der Waals surface area contributed by atoms with Crippen molar-refractivity contribution in [3.63, 3.8) is 0 Å². The first kappa shape index (κ1) is 14.0. The van der Waals surface area contributed by atoms with Crippen molar-refractivity contribution in [1.82, 2.24) is 5.32 Å². The lowest BCUT2D eigenvalue weighted by molar-refractivity contribution is 0.174. The van der Waals surface area contributed by atoms with Crippen LogP contribution in [0.2, 0.25) is 5.02 Å². The van der Waals surface area contributed by atoms with E-state index in [2.05, 4.69) is 12.2 Å². The van der Waals surface area contributed by atoms with Crippen molar-refractivity contribution in [1.29, 1.82) is 0 Å². The quantitative estimate of drug-likeness (QED) is 0.906. The minimum atomic E-state index is 0.145. The summed E-state index contributed by atoms with van der Waals surface area (Å²) in [5.74, 6) is 1.46. The van der Waals surface area contributed by atoms with Crippen LogP contribution in [0.1, 0.15) is 24.1 Å². The monoisotopic (exact) mass is 305 g/mol. The number of aromatic hydroxyl groups is 1. The molecule has 3 rings (SSSR count). The molecule has 1 aliphatic rings. The van der Waals surface area contributed by atoms with Crippen molar-refractivity contribution in [2.24, 2.45) is 0 Å². The van der Waals surface area contributed by atoms with E-state index in [1.807, 2.05) is 24.3 Å². The summed E-state index contributed by atoms with van der Waals surface area (Å²) in [6.45, 7) is 2.80. The second-order valence-electron chi connectivity index (χ2n) is 4.99. The SMILES string of the molecule is CC(NCc1cc2c(cc1O)OCO2)c1ccc(Cl)cc1. The van der Waals surface area contributed by atoms with E-state index >= 15 is 0 Å². The van der Waals surface area contributed by atoms with E-state index < -0.39 is 0 Å². The Morgan fingerprint density at radius 1 is 1.19 bits per heavy atom. The van der Waals surface area contributed by atoms with Crippen molar-refractivity contribution in [3.8, 4) is 17.2 Å². The van der Waals surface area contributed by atoms with Gasteiger partial charge in [0.15, 0.2) is 11.5 Å². The summed E-state index contributed by atoms with van der Waals surface area (Å²) in [4.78, 5) is 0. The third-order valence-corrected chi connectivity index (χ3v) is 3.79. The highest BCUT2D eigenvalue weighted by Crippen LogP contribution is 2.37. The topological polar surface area (TPSA) is 50.7 Å². The van der Waals surface area contributed by atoms with Crippen molar-refractivity contribution < 1.29 is 14.6 Å². The predicted octanol–water partition coefficient (Wildman–Crippen LogP) is 3.63. The predicted molar refractivity (Wildman–Crippen MR) is 80.9 cm³/mol. The summed E-state index contributed by atoms with van der Waals surface area (Å²) >= 11 is 5.89. The van der Waals surface area contributed by atoms with Crippen LogP contribution >= 0.6 is 11.6 Å². The number of nitrogens with one attached hydrogen (secondary N) is 1. The van der Waals surface area contributed by atoms with Crippen LogP contribution in [-0.2, 0) is 6.54 Å². The summed E-state index contributed by atoms with van der Waals surface area (Å²) in [6, 6.07) is 11.2. The van der Waals surface area contributed by atoms with E-state index in [-0.39, 0.29) is 18.6 Å². The van der Waals surface area contributed by atoms with Crippen LogP contribution in [0, 0.1) is 0 Å². The van der Waals surface area contributed by atoms with Crippen LogP contribution in [0.4, 0.5) is 0 Å². The van der Waals surface area contributed by atoms with Crippen molar-refractivity contribution in [3.05, 3.63) is 52.5 Å². The Morgan fingerprint density at radius 2 is 1.86 bits per heavy atom. The average Bonchev–Trinajstić information content (AvgIpc) is 2.92. The van der Waals surface area contributed by atoms with E-state index in [0.29, 0.717) is 18.0 Å². The zero-order valence-electron chi connectivity index (χ0n) is 11.6. The van der Waals surface area contributed by atoms with Gasteiger partial charge >= 0.3 is 0 Å². The van der Waals surface area contributed by atoms with Gasteiger partial charge in [0.2, 0.25) is 6.79 Å². The second-order valence-corrected chi connectivity index (χ2v) is 5.42. The first-order chi connectivity index (χ1) is 10.1. The maximum Gasteiger partial charge on any atom is 0.231 e. The number of ether oxygens (including phenoxy) is 2. The average molecular weight is 306 g/mol. The van der Waals surface area contributed by atoms with E-state index in [9.17, 15) is 5.11 Å². The van der Waals surface area contributed by atoms with E-state index in [4.69, 9.17) is 21.1 Å². The molecule has 0 radical (unpaired) electrons. The second kappa shape index (κ2) is 5.84. The van der Waals surface area contributed by atoms with Gasteiger partial charge in [0, 0.05) is 29.2 Å². The Morgan fingerprint density at radius 3 is 2.57 bits per heavy atom. The van der Waals surface area contributed by atoms with E-state index in [1.54, 1.807) is 12.1 Å². The highest BCUT2D eigenvalue weighted by atomic mass is 35.5. The molecule has 0 fully saturated rings. The molecule has 0 aromatic heterocycles. The molecule has 1 unspecified atom stereocenters. The first-order valence-corrected chi connectivity index (χ1v) is 7.11. The van der Waals surface area contributed by atoms with Crippen molar-refractivity contribution in [2.45, 2.75) is 19.5 Å². The minimum Gasteiger partial charge on any atom is -0.507 e. The van der Waals surface area contributed by atoms with E-state index in [1.165, 1.54) is 0 Å². The number of phenolic OH excluding ortho intramolecular Hbond substituents is 1. The smallest absolute Gasteiger partial charge is 0.231 e. The number of fused-ring (bicyclic) bond motifs is 1. The standard InChI is InChI=1S/C16H16ClNO3/c1-10(11-2-4-13(17)5-3-11)18-8-12-6-15-16(7-14(12)19)21-9-20-15/h2-7,10,18-19H,8-9H2,1H3. The molecule has 2 aromatic rings. The zero-order chi connectivity index (χ0) is 14.8. The summed E-state index contributed by atoms with van der Waals surface area (Å²) < 4.78 is 10.5. The molecule has 5 heteroatoms. The van der Waals surface area contributed by atoms with Gasteiger partial charge in [0.25, 0.3) is 0 Å². The lowest BCUT2D eigenvalue weighted by atomic mass is 10.1. The molecular weight excluding hydrogens is 290 g/mol. The minimum absolute atomic E-state index is 0.145. The first-order valence-electron chi connectivity index (χ1n) is 6.74. The van der Waals surface area contributed by atoms with Crippen LogP contribution < -0.4 is 14.8 Å². The van der Waals surface area contributed by atoms with Crippen LogP contribution in [0.15, 0.2) is 36.4 Å². The number of benzene rings is 2. The largest absolute Gasteiger partial charge is 0.507 e. The fourth-order valence-electron chi connectivity index (χ4n) is 2.25. The van der Waals surface area contributed by atoms with Crippen LogP contribution in [0.3, 0.4) is 0 Å². The van der Waals surface area contributed by atoms with Crippen molar-refractivity contribution >= 4 is 11.6 Å². The molecule has 1 atom stereocenters. The molecule has 110 valence electrons. The number of halogens is 1. The molecule has 0 aliphatic carbocycles. The molecule has 0 bridgehead atoms. The fourth-order valence-corrected chi connectivity index (χ4v) is 2.37. The lowest BCUT2D eigenvalue weighted by Gasteiger charge is -2.15. The highest BCUT2D eigenvalue weighted by Gasteiger charge is 2.17. The molecule has 0 saturated heterocycles. The summed E-state index contributed by atoms with van der Waals surface area (Å²) in [6.07, 6.45) is 0. The molecule has 1 heterocycles. The molecule has 4 nitrogen and oxygen atoms in total. The Bertz CT molecular complexity index is 643. The molecule has 0 spiro atoms. The molecule has 21 heavy (non-hydrogen) atoms. The Balaban J connectivity index is 1.68. The van der Waals surface area contributed by atoms with Crippen LogP contribution in [0.5, 0.6) is 17.2 Å². The van der Waals surface area contributed by atoms with E-state index in [0.717, 1.165) is 16.1 Å². The fraction of sp³-hybridized carbons (Fsp3) is 0.250. The summed E-state index contributed by atoms with van der Waals surface area (Å²) in [7, 11) is 0. The number of hydrogen-bond acceptors (Lipinski definition) is 4. The van der Waals surface area contributed by atoms with Crippen LogP contribution in [-0.4, -0.2) is 11.9 Å². The Hall–Kier alpha value is -1.91. The molecule has 2 aromatic carbocycles. The lowest BCUT2D eigenvalue weighted by Crippen LogP contribution is -2.18. The molecule has 0 amide bonds. The molecular formula is C16H16ClNO3. The molecule has 0 saturated carbocycles. The number of hydrogen-bond donors (Lipinski definition) is 2. The molecule has 1 aliphatic heterocycles. The Kier molecular flexibility index (Phi) is 3.90. The maximum absolute atomic E-state index is 10.0. The number of phenols is 1. The normalized spacial score (nSPS) is 14.2. The van der Waals surface area contributed by atoms with Gasteiger partial charge < -0.3 is 19.9 Å². The van der Waals surface area contributed by atoms with Gasteiger partial charge in [-0.1, -0.05) is 23.7 Å². The zero-order valence-corrected chi connectivity index (χ0v) is 12.4. The number of rotatable bonds is 4. The van der Waals surface area contributed by atoms with Gasteiger partial charge in [-0.05, 0) is 30.7 Å². The van der Waals surface area contributed by atoms with Gasteiger partial charge in [-0.15, -0.1) is 0 Å². The third-order valence-electron chi connectivity index (χ3n) is 3.54. The Labute approximate surface area is 128 Å².